The maximum absolute atomic E-state index is 14.3. The molecule has 1 N–H and O–H groups in total. The van der Waals surface area contributed by atoms with Crippen LogP contribution in [-0.2, 0) is 6.54 Å². The molecule has 0 saturated carbocycles. The van der Waals surface area contributed by atoms with Crippen LogP contribution in [0.25, 0.3) is 0 Å². The van der Waals surface area contributed by atoms with Gasteiger partial charge in [-0.2, -0.15) is 0 Å². The molecule has 0 radical (unpaired) electrons. The fourth-order valence-electron chi connectivity index (χ4n) is 5.82. The monoisotopic (exact) mass is 489 g/mol. The average molecular weight is 490 g/mol. The lowest BCUT2D eigenvalue weighted by atomic mass is 9.96. The highest BCUT2D eigenvalue weighted by Gasteiger charge is 2.53. The Kier molecular flexibility index (Phi) is 10.8. The zero-order valence-corrected chi connectivity index (χ0v) is 22.4. The Morgan fingerprint density at radius 3 is 2.11 bits per heavy atom. The van der Waals surface area contributed by atoms with Gasteiger partial charge in [-0.1, -0.05) is 77.6 Å². The first-order valence-electron chi connectivity index (χ1n) is 14.1. The zero-order chi connectivity index (χ0) is 25.3. The third-order valence-electron chi connectivity index (χ3n) is 8.07. The van der Waals surface area contributed by atoms with Crippen molar-refractivity contribution in [2.24, 2.45) is 0 Å². The summed E-state index contributed by atoms with van der Waals surface area (Å²) in [5, 5.41) is 11.8. The van der Waals surface area contributed by atoms with Crippen LogP contribution in [0.5, 0.6) is 0 Å². The van der Waals surface area contributed by atoms with E-state index in [0.717, 1.165) is 61.8 Å². The van der Waals surface area contributed by atoms with E-state index < -0.39 is 17.4 Å². The highest BCUT2D eigenvalue weighted by atomic mass is 19.1. The molecule has 1 atom stereocenters. The number of hydrogen-bond donors (Lipinski definition) is 1. The normalized spacial score (nSPS) is 20.2. The van der Waals surface area contributed by atoms with Gasteiger partial charge in [0.25, 0.3) is 5.84 Å². The summed E-state index contributed by atoms with van der Waals surface area (Å²) in [6.45, 7) is 8.37. The number of halogens is 2. The van der Waals surface area contributed by atoms with Gasteiger partial charge in [0.2, 0.25) is 5.72 Å². The number of fused-ring (bicyclic) bond motifs is 1. The predicted octanol–water partition coefficient (Wildman–Crippen LogP) is 7.71. The summed E-state index contributed by atoms with van der Waals surface area (Å²) in [6, 6.07) is 3.80. The van der Waals surface area contributed by atoms with E-state index in [2.05, 4.69) is 23.3 Å². The Morgan fingerprint density at radius 2 is 1.51 bits per heavy atom. The van der Waals surface area contributed by atoms with Crippen molar-refractivity contribution >= 4 is 5.84 Å². The zero-order valence-electron chi connectivity index (χ0n) is 22.4. The molecule has 1 aromatic carbocycles. The van der Waals surface area contributed by atoms with Crippen molar-refractivity contribution < 1.29 is 18.5 Å². The number of unbranched alkanes of at least 4 members (excludes halogenated alkanes) is 11. The molecule has 35 heavy (non-hydrogen) atoms. The summed E-state index contributed by atoms with van der Waals surface area (Å²) in [6.07, 6.45) is 17.3. The van der Waals surface area contributed by atoms with E-state index in [0.29, 0.717) is 12.1 Å². The molecule has 0 spiro atoms. The molecule has 5 heteroatoms. The summed E-state index contributed by atoms with van der Waals surface area (Å²) < 4.78 is 29.8. The van der Waals surface area contributed by atoms with E-state index >= 15 is 0 Å². The Bertz CT molecular complexity index is 894. The smallest absolute Gasteiger partial charge is 0.277 e. The maximum Gasteiger partial charge on any atom is 0.277 e. The van der Waals surface area contributed by atoms with Gasteiger partial charge >= 0.3 is 0 Å². The Hall–Kier alpha value is -1.75. The van der Waals surface area contributed by atoms with Crippen molar-refractivity contribution in [3.05, 3.63) is 46.5 Å². The first-order chi connectivity index (χ1) is 16.9. The van der Waals surface area contributed by atoms with Crippen molar-refractivity contribution in [2.45, 2.75) is 123 Å². The van der Waals surface area contributed by atoms with Gasteiger partial charge in [-0.3, -0.25) is 4.58 Å². The second-order valence-corrected chi connectivity index (χ2v) is 10.7. The molecule has 0 aromatic heterocycles. The Labute approximate surface area is 211 Å². The van der Waals surface area contributed by atoms with Gasteiger partial charge < -0.3 is 5.11 Å². The molecular weight excluding hydrogens is 442 g/mol. The fraction of sp³-hybridized carbons (Fsp3) is 0.700. The van der Waals surface area contributed by atoms with Gasteiger partial charge in [-0.25, -0.2) is 13.7 Å². The standard InChI is InChI=1S/C30H47F2N2O/c1-4-5-6-7-8-9-10-11-12-13-14-15-19-30(35)25(3)24(2)29-33(20-16-21-34(29)30)23-26-17-18-27(31)22-28(26)32/h17-18,22,35H,4-16,19-21,23H2,1-3H3/q+1. The predicted molar refractivity (Wildman–Crippen MR) is 141 cm³/mol. The minimum atomic E-state index is -0.947. The molecule has 0 saturated heterocycles. The third kappa shape index (κ3) is 7.15. The van der Waals surface area contributed by atoms with E-state index in [1.807, 2.05) is 6.92 Å². The fourth-order valence-corrected chi connectivity index (χ4v) is 5.82. The van der Waals surface area contributed by atoms with E-state index in [1.54, 1.807) is 0 Å². The van der Waals surface area contributed by atoms with Gasteiger partial charge in [0.05, 0.1) is 13.1 Å². The first kappa shape index (κ1) is 27.8. The third-order valence-corrected chi connectivity index (χ3v) is 8.07. The molecule has 0 aliphatic carbocycles. The average Bonchev–Trinajstić information content (AvgIpc) is 3.03. The van der Waals surface area contributed by atoms with Crippen LogP contribution in [0, 0.1) is 11.6 Å². The Morgan fingerprint density at radius 1 is 0.914 bits per heavy atom. The summed E-state index contributed by atoms with van der Waals surface area (Å²) in [5.41, 5.74) is 1.65. The van der Waals surface area contributed by atoms with E-state index in [4.69, 9.17) is 0 Å². The molecule has 0 bridgehead atoms. The van der Waals surface area contributed by atoms with Crippen LogP contribution in [0.1, 0.15) is 116 Å². The summed E-state index contributed by atoms with van der Waals surface area (Å²) in [7, 11) is 0. The number of benzene rings is 1. The summed E-state index contributed by atoms with van der Waals surface area (Å²) >= 11 is 0. The van der Waals surface area contributed by atoms with E-state index in [-0.39, 0.29) is 0 Å². The highest BCUT2D eigenvalue weighted by Crippen LogP contribution is 2.39. The quantitative estimate of drug-likeness (QED) is 0.202. The molecule has 2 heterocycles. The van der Waals surface area contributed by atoms with Crippen LogP contribution in [0.15, 0.2) is 29.3 Å². The molecule has 3 nitrogen and oxygen atoms in total. The van der Waals surface area contributed by atoms with Crippen molar-refractivity contribution in [1.29, 1.82) is 0 Å². The van der Waals surface area contributed by atoms with E-state index in [9.17, 15) is 13.9 Å². The minimum absolute atomic E-state index is 0.386. The lowest BCUT2D eigenvalue weighted by Gasteiger charge is -2.34. The minimum Gasteiger partial charge on any atom is -0.350 e. The molecule has 1 aromatic rings. The molecular formula is C30H47F2N2O+. The molecule has 2 aliphatic heterocycles. The van der Waals surface area contributed by atoms with Gasteiger partial charge in [0.15, 0.2) is 0 Å². The summed E-state index contributed by atoms with van der Waals surface area (Å²) in [5.74, 6) is -0.0477. The second-order valence-electron chi connectivity index (χ2n) is 10.7. The van der Waals surface area contributed by atoms with Gasteiger partial charge in [-0.05, 0) is 32.4 Å². The lowest BCUT2D eigenvalue weighted by Crippen LogP contribution is -2.53. The maximum atomic E-state index is 14.3. The Balaban J connectivity index is 1.49. The first-order valence-corrected chi connectivity index (χ1v) is 14.1. The van der Waals surface area contributed by atoms with Crippen LogP contribution in [0.3, 0.4) is 0 Å². The summed E-state index contributed by atoms with van der Waals surface area (Å²) in [4.78, 5) is 2.14. The van der Waals surface area contributed by atoms with Gasteiger partial charge in [0.1, 0.15) is 18.2 Å². The van der Waals surface area contributed by atoms with Gasteiger partial charge in [-0.15, -0.1) is 0 Å². The number of aliphatic hydroxyl groups is 1. The van der Waals surface area contributed by atoms with Crippen molar-refractivity contribution in [3.8, 4) is 0 Å². The molecule has 3 rings (SSSR count). The number of rotatable bonds is 15. The van der Waals surface area contributed by atoms with Crippen LogP contribution in [-0.4, -0.2) is 39.2 Å². The van der Waals surface area contributed by atoms with Crippen molar-refractivity contribution in [3.63, 3.8) is 0 Å². The number of amidine groups is 1. The number of nitrogens with zero attached hydrogens (tertiary/aromatic N) is 2. The largest absolute Gasteiger partial charge is 0.350 e. The molecule has 196 valence electrons. The second kappa shape index (κ2) is 13.5. The lowest BCUT2D eigenvalue weighted by molar-refractivity contribution is -0.555. The van der Waals surface area contributed by atoms with Gasteiger partial charge in [0, 0.05) is 35.6 Å². The van der Waals surface area contributed by atoms with Crippen LogP contribution < -0.4 is 0 Å². The van der Waals surface area contributed by atoms with Crippen molar-refractivity contribution in [2.75, 3.05) is 13.1 Å². The topological polar surface area (TPSA) is 26.5 Å². The van der Waals surface area contributed by atoms with Crippen LogP contribution in [0.2, 0.25) is 0 Å². The van der Waals surface area contributed by atoms with Crippen LogP contribution in [0.4, 0.5) is 8.78 Å². The van der Waals surface area contributed by atoms with E-state index in [1.165, 1.54) is 76.3 Å². The molecule has 1 unspecified atom stereocenters. The SMILES string of the molecule is CCCCCCCCCCCCCCC1(O)C(C)=C(C)C2=[N+](Cc3ccc(F)cc3F)CCCN21. The van der Waals surface area contributed by atoms with Crippen molar-refractivity contribution in [1.82, 2.24) is 4.90 Å². The number of hydrogen-bond acceptors (Lipinski definition) is 2. The van der Waals surface area contributed by atoms with Crippen LogP contribution >= 0.6 is 0 Å². The highest BCUT2D eigenvalue weighted by molar-refractivity contribution is 5.98. The molecule has 0 fully saturated rings. The molecule has 0 amide bonds. The molecule has 2 aliphatic rings.